The number of imidazole rings is 2. The first-order valence-corrected chi connectivity index (χ1v) is 8.59. The number of nitrogens with zero attached hydrogens (tertiary/aromatic N) is 5. The van der Waals surface area contributed by atoms with E-state index >= 15 is 0 Å². The first-order chi connectivity index (χ1) is 11.5. The first kappa shape index (κ1) is 16.4. The lowest BCUT2D eigenvalue weighted by Crippen LogP contribution is -2.34. The molecule has 0 saturated carbocycles. The number of pyridine rings is 1. The SMILES string of the molecule is CC(C)n1cc[n+](Cc2cccc(C[n+]3ccn(C(C)C)c3)n2)c1. The number of rotatable bonds is 6. The van der Waals surface area contributed by atoms with E-state index in [1.54, 1.807) is 0 Å². The molecule has 126 valence electrons. The Balaban J connectivity index is 1.71. The van der Waals surface area contributed by atoms with Crippen LogP contribution in [0.3, 0.4) is 0 Å². The molecule has 3 aromatic heterocycles. The summed E-state index contributed by atoms with van der Waals surface area (Å²) in [5.41, 5.74) is 2.17. The second kappa shape index (κ2) is 6.99. The van der Waals surface area contributed by atoms with Crippen LogP contribution < -0.4 is 9.13 Å². The van der Waals surface area contributed by atoms with E-state index in [9.17, 15) is 0 Å². The minimum atomic E-state index is 0.479. The van der Waals surface area contributed by atoms with Crippen LogP contribution in [0.5, 0.6) is 0 Å². The van der Waals surface area contributed by atoms with Gasteiger partial charge in [-0.25, -0.2) is 23.3 Å². The van der Waals surface area contributed by atoms with Crippen LogP contribution in [0.2, 0.25) is 0 Å². The molecule has 0 bridgehead atoms. The van der Waals surface area contributed by atoms with E-state index in [4.69, 9.17) is 4.98 Å². The lowest BCUT2D eigenvalue weighted by molar-refractivity contribution is -0.689. The molecule has 0 unspecified atom stereocenters. The Kier molecular flexibility index (Phi) is 4.79. The van der Waals surface area contributed by atoms with Gasteiger partial charge in [0.1, 0.15) is 37.9 Å². The molecule has 0 amide bonds. The largest absolute Gasteiger partial charge is 0.250 e. The molecule has 0 N–H and O–H groups in total. The van der Waals surface area contributed by atoms with Crippen LogP contribution in [0.4, 0.5) is 0 Å². The zero-order valence-electron chi connectivity index (χ0n) is 15.0. The fourth-order valence-electron chi connectivity index (χ4n) is 2.70. The van der Waals surface area contributed by atoms with Crippen molar-refractivity contribution in [2.24, 2.45) is 0 Å². The Bertz CT molecular complexity index is 734. The molecule has 0 spiro atoms. The Hall–Kier alpha value is -2.43. The van der Waals surface area contributed by atoms with E-state index in [0.717, 1.165) is 24.5 Å². The summed E-state index contributed by atoms with van der Waals surface area (Å²) in [6.45, 7) is 10.3. The molecule has 3 aromatic rings. The Morgan fingerprint density at radius 2 is 1.29 bits per heavy atom. The topological polar surface area (TPSA) is 30.5 Å². The average Bonchev–Trinajstić information content (AvgIpc) is 3.17. The van der Waals surface area contributed by atoms with Crippen molar-refractivity contribution in [3.05, 3.63) is 67.0 Å². The van der Waals surface area contributed by atoms with E-state index in [1.807, 2.05) is 0 Å². The zero-order valence-corrected chi connectivity index (χ0v) is 15.0. The summed E-state index contributed by atoms with van der Waals surface area (Å²) in [6, 6.07) is 7.23. The maximum Gasteiger partial charge on any atom is 0.244 e. The number of aromatic nitrogens is 5. The van der Waals surface area contributed by atoms with Gasteiger partial charge in [0.15, 0.2) is 0 Å². The van der Waals surface area contributed by atoms with Crippen molar-refractivity contribution in [2.75, 3.05) is 0 Å². The van der Waals surface area contributed by atoms with Gasteiger partial charge < -0.3 is 0 Å². The van der Waals surface area contributed by atoms with Crippen molar-refractivity contribution in [3.63, 3.8) is 0 Å². The van der Waals surface area contributed by atoms with E-state index in [1.165, 1.54) is 0 Å². The first-order valence-electron chi connectivity index (χ1n) is 8.59. The number of hydrogen-bond acceptors (Lipinski definition) is 1. The van der Waals surface area contributed by atoms with Crippen molar-refractivity contribution in [1.82, 2.24) is 14.1 Å². The van der Waals surface area contributed by atoms with Gasteiger partial charge in [-0.15, -0.1) is 0 Å². The van der Waals surface area contributed by atoms with Crippen LogP contribution >= 0.6 is 0 Å². The minimum Gasteiger partial charge on any atom is -0.250 e. The Morgan fingerprint density at radius 3 is 1.67 bits per heavy atom. The Morgan fingerprint density at radius 1 is 0.833 bits per heavy atom. The summed E-state index contributed by atoms with van der Waals surface area (Å²) in [7, 11) is 0. The molecule has 0 aliphatic rings. The van der Waals surface area contributed by atoms with Crippen LogP contribution in [-0.2, 0) is 13.1 Å². The highest BCUT2D eigenvalue weighted by Gasteiger charge is 2.11. The normalized spacial score (nSPS) is 11.6. The van der Waals surface area contributed by atoms with Gasteiger partial charge in [0, 0.05) is 0 Å². The molecule has 5 heteroatoms. The molecule has 0 atom stereocenters. The van der Waals surface area contributed by atoms with Crippen LogP contribution in [0, 0.1) is 0 Å². The maximum absolute atomic E-state index is 4.81. The van der Waals surface area contributed by atoms with Gasteiger partial charge in [-0.1, -0.05) is 6.07 Å². The fourth-order valence-corrected chi connectivity index (χ4v) is 2.70. The van der Waals surface area contributed by atoms with Gasteiger partial charge in [-0.05, 0) is 39.8 Å². The summed E-state index contributed by atoms with van der Waals surface area (Å²) in [5.74, 6) is 0. The highest BCUT2D eigenvalue weighted by Crippen LogP contribution is 2.04. The van der Waals surface area contributed by atoms with Crippen molar-refractivity contribution in [3.8, 4) is 0 Å². The third kappa shape index (κ3) is 3.91. The molecule has 0 aliphatic carbocycles. The Labute approximate surface area is 143 Å². The van der Waals surface area contributed by atoms with Gasteiger partial charge in [-0.3, -0.25) is 0 Å². The van der Waals surface area contributed by atoms with E-state index < -0.39 is 0 Å². The minimum absolute atomic E-state index is 0.479. The molecule has 24 heavy (non-hydrogen) atoms. The van der Waals surface area contributed by atoms with Crippen LogP contribution in [0.25, 0.3) is 0 Å². The molecule has 0 aliphatic heterocycles. The van der Waals surface area contributed by atoms with Gasteiger partial charge in [0.25, 0.3) is 0 Å². The fraction of sp³-hybridized carbons (Fsp3) is 0.421. The molecule has 0 saturated heterocycles. The van der Waals surface area contributed by atoms with Gasteiger partial charge in [0.2, 0.25) is 12.7 Å². The molecule has 0 radical (unpaired) electrons. The van der Waals surface area contributed by atoms with Crippen LogP contribution in [0.15, 0.2) is 55.6 Å². The molecule has 3 heterocycles. The predicted molar refractivity (Wildman–Crippen MR) is 92.5 cm³/mol. The second-order valence-electron chi connectivity index (χ2n) is 6.87. The summed E-state index contributed by atoms with van der Waals surface area (Å²) in [5, 5.41) is 0. The standard InChI is InChI=1S/C19H27N5/c1-16(2)23-10-8-21(14-23)12-18-6-5-7-19(20-18)13-22-9-11-24(15-22)17(3)4/h5-11,14-17H,12-13H2,1-4H3/q+2. The smallest absolute Gasteiger partial charge is 0.244 e. The second-order valence-corrected chi connectivity index (χ2v) is 6.87. The van der Waals surface area contributed by atoms with Crippen LogP contribution in [0.1, 0.15) is 51.2 Å². The summed E-state index contributed by atoms with van der Waals surface area (Å²) in [6.07, 6.45) is 12.7. The quantitative estimate of drug-likeness (QED) is 0.641. The van der Waals surface area contributed by atoms with Crippen molar-refractivity contribution in [2.45, 2.75) is 52.9 Å². The summed E-state index contributed by atoms with van der Waals surface area (Å²) < 4.78 is 8.76. The van der Waals surface area contributed by atoms with Gasteiger partial charge >= 0.3 is 0 Å². The van der Waals surface area contributed by atoms with Crippen molar-refractivity contribution < 1.29 is 9.13 Å². The molecular weight excluding hydrogens is 298 g/mol. The molecule has 0 aromatic carbocycles. The highest BCUT2D eigenvalue weighted by molar-refractivity contribution is 5.09. The third-order valence-electron chi connectivity index (χ3n) is 4.17. The summed E-state index contributed by atoms with van der Waals surface area (Å²) >= 11 is 0. The maximum atomic E-state index is 4.81. The third-order valence-corrected chi connectivity index (χ3v) is 4.17. The van der Waals surface area contributed by atoms with Crippen molar-refractivity contribution >= 4 is 0 Å². The molecular formula is C19H27N5+2. The predicted octanol–water partition coefficient (Wildman–Crippen LogP) is 2.52. The van der Waals surface area contributed by atoms with E-state index in [0.29, 0.717) is 12.1 Å². The van der Waals surface area contributed by atoms with Crippen LogP contribution in [-0.4, -0.2) is 14.1 Å². The lowest BCUT2D eigenvalue weighted by Gasteiger charge is -2.02. The average molecular weight is 325 g/mol. The monoisotopic (exact) mass is 325 g/mol. The van der Waals surface area contributed by atoms with Gasteiger partial charge in [-0.2, -0.15) is 0 Å². The number of hydrogen-bond donors (Lipinski definition) is 0. The highest BCUT2D eigenvalue weighted by atomic mass is 15.1. The summed E-state index contributed by atoms with van der Waals surface area (Å²) in [4.78, 5) is 4.81. The zero-order chi connectivity index (χ0) is 17.1. The van der Waals surface area contributed by atoms with Crippen molar-refractivity contribution in [1.29, 1.82) is 0 Å². The van der Waals surface area contributed by atoms with Gasteiger partial charge in [0.05, 0.1) is 23.5 Å². The lowest BCUT2D eigenvalue weighted by atomic mass is 10.3. The molecule has 0 fully saturated rings. The molecule has 3 rings (SSSR count). The van der Waals surface area contributed by atoms with E-state index in [2.05, 4.69) is 102 Å². The van der Waals surface area contributed by atoms with E-state index in [-0.39, 0.29) is 0 Å². The molecule has 5 nitrogen and oxygen atoms in total.